The average molecular weight is 637 g/mol. The highest BCUT2D eigenvalue weighted by atomic mass is 35.5. The van der Waals surface area contributed by atoms with Crippen molar-refractivity contribution in [3.63, 3.8) is 0 Å². The van der Waals surface area contributed by atoms with Crippen molar-refractivity contribution in [3.8, 4) is 0 Å². The van der Waals surface area contributed by atoms with Gasteiger partial charge in [-0.25, -0.2) is 8.78 Å². The van der Waals surface area contributed by atoms with Crippen LogP contribution in [0.15, 0.2) is 85.1 Å². The zero-order chi connectivity index (χ0) is 26.6. The van der Waals surface area contributed by atoms with Crippen molar-refractivity contribution in [1.82, 2.24) is 14.8 Å². The number of aliphatic hydroxyl groups excluding tert-OH is 1. The van der Waals surface area contributed by atoms with E-state index < -0.39 is 24.0 Å². The number of aliphatic hydroxyl groups is 1. The molecule has 5 nitrogen and oxygen atoms in total. The van der Waals surface area contributed by atoms with Crippen molar-refractivity contribution in [2.24, 2.45) is 0 Å². The summed E-state index contributed by atoms with van der Waals surface area (Å²) >= 11 is 0. The molecule has 3 aliphatic rings. The minimum absolute atomic E-state index is 0. The van der Waals surface area contributed by atoms with Gasteiger partial charge in [0, 0.05) is 44.3 Å². The molecule has 0 amide bonds. The van der Waals surface area contributed by atoms with Crippen LogP contribution in [-0.4, -0.2) is 64.8 Å². The first-order valence-corrected chi connectivity index (χ1v) is 13.7. The molecule has 2 aliphatic carbocycles. The van der Waals surface area contributed by atoms with Gasteiger partial charge in [0.2, 0.25) is 0 Å². The SMILES string of the molecule is Cl.Cl.Cl.O[C@H](CN1CCN(C2c3ccccc3[C@@H]3[C@H](c4ccccc42)C3(F)F)CC1)OCc1cccc2ncccc12. The van der Waals surface area contributed by atoms with Crippen LogP contribution >= 0.6 is 37.2 Å². The molecule has 0 spiro atoms. The smallest absolute Gasteiger partial charge is 0.263 e. The summed E-state index contributed by atoms with van der Waals surface area (Å²) in [5.74, 6) is -4.19. The molecule has 42 heavy (non-hydrogen) atoms. The van der Waals surface area contributed by atoms with Gasteiger partial charge in [-0.3, -0.25) is 14.8 Å². The number of rotatable bonds is 6. The molecular weight excluding hydrogens is 603 g/mol. The van der Waals surface area contributed by atoms with Gasteiger partial charge in [0.1, 0.15) is 0 Å². The number of benzene rings is 3. The van der Waals surface area contributed by atoms with Crippen molar-refractivity contribution in [3.05, 3.63) is 113 Å². The number of halogens is 5. The molecule has 1 saturated heterocycles. The van der Waals surface area contributed by atoms with E-state index in [-0.39, 0.29) is 43.3 Å². The second kappa shape index (κ2) is 13.1. The maximum Gasteiger partial charge on any atom is 0.263 e. The van der Waals surface area contributed by atoms with Crippen LogP contribution < -0.4 is 0 Å². The summed E-state index contributed by atoms with van der Waals surface area (Å²) in [5.41, 5.74) is 5.46. The Bertz CT molecular complexity index is 1460. The van der Waals surface area contributed by atoms with E-state index in [0.29, 0.717) is 13.2 Å². The third-order valence-electron chi connectivity index (χ3n) is 8.66. The van der Waals surface area contributed by atoms with E-state index in [9.17, 15) is 13.9 Å². The summed E-state index contributed by atoms with van der Waals surface area (Å²) in [5, 5.41) is 11.7. The lowest BCUT2D eigenvalue weighted by atomic mass is 9.90. The number of β-amino-alcohol motifs (C(OH)–C–C–N with tert-alkyl or cyclic N) is 1. The van der Waals surface area contributed by atoms with E-state index >= 15 is 0 Å². The molecule has 4 aromatic rings. The number of hydrogen-bond donors (Lipinski definition) is 1. The number of nitrogens with zero attached hydrogens (tertiary/aromatic N) is 3. The monoisotopic (exact) mass is 635 g/mol. The molecule has 0 radical (unpaired) electrons. The molecule has 2 heterocycles. The molecule has 224 valence electrons. The first-order valence-electron chi connectivity index (χ1n) is 13.7. The highest BCUT2D eigenvalue weighted by Gasteiger charge is 2.71. The Kier molecular flexibility index (Phi) is 10.2. The molecule has 10 heteroatoms. The molecule has 4 atom stereocenters. The summed E-state index contributed by atoms with van der Waals surface area (Å²) in [6.07, 6.45) is 0.864. The highest BCUT2D eigenvalue weighted by Crippen LogP contribution is 2.70. The Balaban J connectivity index is 0.00000135. The van der Waals surface area contributed by atoms with E-state index in [1.807, 2.05) is 78.9 Å². The number of pyridine rings is 1. The first kappa shape index (κ1) is 32.6. The number of alkyl halides is 2. The molecule has 1 aromatic heterocycles. The van der Waals surface area contributed by atoms with Gasteiger partial charge in [-0.1, -0.05) is 66.7 Å². The Morgan fingerprint density at radius 2 is 1.38 bits per heavy atom. The van der Waals surface area contributed by atoms with Gasteiger partial charge >= 0.3 is 0 Å². The maximum atomic E-state index is 15.0. The molecule has 7 rings (SSSR count). The summed E-state index contributed by atoms with van der Waals surface area (Å²) in [4.78, 5) is 9.01. The summed E-state index contributed by atoms with van der Waals surface area (Å²) in [7, 11) is 0. The normalized spacial score (nSPS) is 23.1. The molecule has 3 aromatic carbocycles. The topological polar surface area (TPSA) is 48.8 Å². The van der Waals surface area contributed by atoms with E-state index in [1.165, 1.54) is 0 Å². The standard InChI is InChI=1S/C32H31F2N3O2.3ClH/c33-32(34)29-23-8-1-3-10-25(23)31(26-11-4-2-9-24(26)30(29)32)37-17-15-36(16-18-37)19-28(38)39-20-21-7-5-13-27-22(21)12-6-14-35-27;;;/h1-14,28-31,38H,15-20H2;3*1H/t28-,29-,30+,31?;;;/m0.../s1. The molecule has 1 N–H and O–H groups in total. The van der Waals surface area contributed by atoms with E-state index in [0.717, 1.165) is 64.9 Å². The van der Waals surface area contributed by atoms with Crippen LogP contribution in [0.4, 0.5) is 8.78 Å². The molecule has 1 unspecified atom stereocenters. The fourth-order valence-corrected chi connectivity index (χ4v) is 6.70. The third kappa shape index (κ3) is 5.76. The quantitative estimate of drug-likeness (QED) is 0.243. The van der Waals surface area contributed by atoms with Crippen LogP contribution in [0.5, 0.6) is 0 Å². The fraction of sp³-hybridized carbons (Fsp3) is 0.344. The summed E-state index contributed by atoms with van der Waals surface area (Å²) < 4.78 is 35.8. The number of aromatic nitrogens is 1. The Morgan fingerprint density at radius 1 is 0.786 bits per heavy atom. The van der Waals surface area contributed by atoms with Gasteiger partial charge in [0.25, 0.3) is 5.92 Å². The lowest BCUT2D eigenvalue weighted by Crippen LogP contribution is -2.50. The molecule has 0 bridgehead atoms. The van der Waals surface area contributed by atoms with Crippen LogP contribution in [0.1, 0.15) is 45.7 Å². The van der Waals surface area contributed by atoms with Crippen LogP contribution in [0.2, 0.25) is 0 Å². The van der Waals surface area contributed by atoms with E-state index in [1.54, 1.807) is 6.20 Å². The van der Waals surface area contributed by atoms with Crippen molar-refractivity contribution in [2.45, 2.75) is 36.7 Å². The largest absolute Gasteiger partial charge is 0.367 e. The molecule has 1 aliphatic heterocycles. The maximum absolute atomic E-state index is 15.0. The van der Waals surface area contributed by atoms with E-state index in [4.69, 9.17) is 4.74 Å². The Morgan fingerprint density at radius 3 is 2.00 bits per heavy atom. The van der Waals surface area contributed by atoms with Crippen LogP contribution in [0, 0.1) is 0 Å². The van der Waals surface area contributed by atoms with Crippen LogP contribution in [0.25, 0.3) is 10.9 Å². The van der Waals surface area contributed by atoms with Crippen molar-refractivity contribution in [1.29, 1.82) is 0 Å². The average Bonchev–Trinajstić information content (AvgIpc) is 3.58. The summed E-state index contributed by atoms with van der Waals surface area (Å²) in [6.45, 7) is 3.82. The number of fused-ring (bicyclic) bond motifs is 6. The zero-order valence-electron chi connectivity index (χ0n) is 22.8. The van der Waals surface area contributed by atoms with Gasteiger partial charge in [-0.2, -0.15) is 0 Å². The minimum Gasteiger partial charge on any atom is -0.367 e. The zero-order valence-corrected chi connectivity index (χ0v) is 25.3. The van der Waals surface area contributed by atoms with E-state index in [2.05, 4.69) is 14.8 Å². The Hall–Kier alpha value is -2.36. The molecule has 2 fully saturated rings. The van der Waals surface area contributed by atoms with Gasteiger partial charge in [0.05, 0.1) is 30.0 Å². The van der Waals surface area contributed by atoms with Gasteiger partial charge < -0.3 is 9.84 Å². The number of hydrogen-bond acceptors (Lipinski definition) is 5. The number of ether oxygens (including phenoxy) is 1. The minimum atomic E-state index is -2.70. The molecule has 1 saturated carbocycles. The second-order valence-electron chi connectivity index (χ2n) is 10.9. The van der Waals surface area contributed by atoms with Crippen molar-refractivity contribution < 1.29 is 18.6 Å². The highest BCUT2D eigenvalue weighted by molar-refractivity contribution is 5.86. The van der Waals surface area contributed by atoms with Crippen LogP contribution in [0.3, 0.4) is 0 Å². The van der Waals surface area contributed by atoms with Gasteiger partial charge in [0.15, 0.2) is 6.29 Å². The van der Waals surface area contributed by atoms with Crippen LogP contribution in [-0.2, 0) is 11.3 Å². The lowest BCUT2D eigenvalue weighted by molar-refractivity contribution is -0.124. The summed E-state index contributed by atoms with van der Waals surface area (Å²) in [6, 6.07) is 25.3. The predicted octanol–water partition coefficient (Wildman–Crippen LogP) is 6.57. The first-order chi connectivity index (χ1) is 19.0. The molecular formula is C32H34Cl3F2N3O2. The van der Waals surface area contributed by atoms with Crippen molar-refractivity contribution in [2.75, 3.05) is 32.7 Å². The predicted molar refractivity (Wildman–Crippen MR) is 167 cm³/mol. The lowest BCUT2D eigenvalue weighted by Gasteiger charge is -2.41. The number of piperazine rings is 1. The Labute approximate surface area is 263 Å². The second-order valence-corrected chi connectivity index (χ2v) is 10.9. The third-order valence-corrected chi connectivity index (χ3v) is 8.66. The van der Waals surface area contributed by atoms with Gasteiger partial charge in [-0.15, -0.1) is 37.2 Å². The van der Waals surface area contributed by atoms with Crippen molar-refractivity contribution >= 4 is 48.1 Å². The fourth-order valence-electron chi connectivity index (χ4n) is 6.70. The van der Waals surface area contributed by atoms with Gasteiger partial charge in [-0.05, 0) is 39.9 Å².